The Labute approximate surface area is 97.3 Å². The highest BCUT2D eigenvalue weighted by molar-refractivity contribution is 5.86. The van der Waals surface area contributed by atoms with Crippen LogP contribution in [0.1, 0.15) is 26.2 Å². The van der Waals surface area contributed by atoms with Gasteiger partial charge in [-0.15, -0.1) is 0 Å². The first kappa shape index (κ1) is 13.2. The van der Waals surface area contributed by atoms with E-state index in [2.05, 4.69) is 17.3 Å². The molecule has 4 heteroatoms. The van der Waals surface area contributed by atoms with Gasteiger partial charge in [0, 0.05) is 24.7 Å². The third-order valence-electron chi connectivity index (χ3n) is 3.20. The molecule has 1 fully saturated rings. The number of carbonyl (C=O) groups is 1. The van der Waals surface area contributed by atoms with Gasteiger partial charge in [0.2, 0.25) is 0 Å². The average molecular weight is 226 g/mol. The summed E-state index contributed by atoms with van der Waals surface area (Å²) < 4.78 is 0. The van der Waals surface area contributed by atoms with E-state index >= 15 is 0 Å². The molecule has 0 bridgehead atoms. The minimum atomic E-state index is -0.803. The zero-order valence-corrected chi connectivity index (χ0v) is 10.2. The van der Waals surface area contributed by atoms with E-state index in [1.165, 1.54) is 19.4 Å². The van der Waals surface area contributed by atoms with Crippen LogP contribution in [0.25, 0.3) is 0 Å². The molecular formula is C12H22N2O2. The number of likely N-dealkylation sites (tertiary alicyclic amines) is 1. The van der Waals surface area contributed by atoms with E-state index in [9.17, 15) is 4.79 Å². The van der Waals surface area contributed by atoms with Crippen molar-refractivity contribution < 1.29 is 9.90 Å². The lowest BCUT2D eigenvalue weighted by Gasteiger charge is -2.19. The third kappa shape index (κ3) is 3.94. The monoisotopic (exact) mass is 226 g/mol. The highest BCUT2D eigenvalue weighted by Crippen LogP contribution is 2.13. The summed E-state index contributed by atoms with van der Waals surface area (Å²) in [5.74, 6) is -0.803. The summed E-state index contributed by atoms with van der Waals surface area (Å²) >= 11 is 0. The molecule has 0 spiro atoms. The predicted octanol–water partition coefficient (Wildman–Crippen LogP) is 1.09. The lowest BCUT2D eigenvalue weighted by molar-refractivity contribution is -0.132. The van der Waals surface area contributed by atoms with E-state index in [-0.39, 0.29) is 0 Å². The minimum absolute atomic E-state index is 0.493. The van der Waals surface area contributed by atoms with Crippen LogP contribution in [0, 0.1) is 0 Å². The van der Waals surface area contributed by atoms with Gasteiger partial charge >= 0.3 is 5.97 Å². The highest BCUT2D eigenvalue weighted by atomic mass is 16.4. The number of hydrogen-bond donors (Lipinski definition) is 2. The lowest BCUT2D eigenvalue weighted by Crippen LogP contribution is -2.35. The molecule has 1 heterocycles. The molecule has 0 aromatic heterocycles. The molecule has 0 aromatic carbocycles. The van der Waals surface area contributed by atoms with Crippen LogP contribution in [0.15, 0.2) is 11.6 Å². The predicted molar refractivity (Wildman–Crippen MR) is 64.5 cm³/mol. The second-order valence-corrected chi connectivity index (χ2v) is 4.32. The maximum absolute atomic E-state index is 10.7. The molecule has 0 amide bonds. The summed E-state index contributed by atoms with van der Waals surface area (Å²) in [7, 11) is 2.14. The first-order chi connectivity index (χ1) is 7.65. The second kappa shape index (κ2) is 6.66. The number of aliphatic carboxylic acids is 1. The van der Waals surface area contributed by atoms with Gasteiger partial charge in [-0.3, -0.25) is 0 Å². The van der Waals surface area contributed by atoms with Crippen LogP contribution >= 0.6 is 0 Å². The summed E-state index contributed by atoms with van der Waals surface area (Å²) in [6.07, 6.45) is 4.87. The Bertz CT molecular complexity index is 264. The quantitative estimate of drug-likeness (QED) is 0.526. The fourth-order valence-electron chi connectivity index (χ4n) is 2.07. The Morgan fingerprint density at radius 3 is 2.88 bits per heavy atom. The van der Waals surface area contributed by atoms with Crippen molar-refractivity contribution in [1.82, 2.24) is 10.2 Å². The number of rotatable bonds is 6. The lowest BCUT2D eigenvalue weighted by atomic mass is 10.2. The van der Waals surface area contributed by atoms with E-state index in [0.717, 1.165) is 6.54 Å². The van der Waals surface area contributed by atoms with Gasteiger partial charge in [0.15, 0.2) is 0 Å². The van der Waals surface area contributed by atoms with Gasteiger partial charge in [0.1, 0.15) is 0 Å². The van der Waals surface area contributed by atoms with Crippen LogP contribution in [0.5, 0.6) is 0 Å². The van der Waals surface area contributed by atoms with E-state index in [1.807, 2.05) is 6.92 Å². The maximum Gasteiger partial charge on any atom is 0.331 e. The van der Waals surface area contributed by atoms with E-state index in [4.69, 9.17) is 5.11 Å². The standard InChI is InChI=1S/C12H22N2O2/c1-3-10(12(15)16)6-7-13-9-11-5-4-8-14(11)2/h6,11,13H,3-5,7-9H2,1-2H3,(H,15,16). The van der Waals surface area contributed by atoms with Gasteiger partial charge < -0.3 is 15.3 Å². The van der Waals surface area contributed by atoms with E-state index < -0.39 is 5.97 Å². The summed E-state index contributed by atoms with van der Waals surface area (Å²) in [5.41, 5.74) is 0.493. The molecule has 2 N–H and O–H groups in total. The maximum atomic E-state index is 10.7. The summed E-state index contributed by atoms with van der Waals surface area (Å²) in [5, 5.41) is 12.1. The molecule has 16 heavy (non-hydrogen) atoms. The zero-order valence-electron chi connectivity index (χ0n) is 10.2. The average Bonchev–Trinajstić information content (AvgIpc) is 2.64. The first-order valence-electron chi connectivity index (χ1n) is 5.98. The number of nitrogens with zero attached hydrogens (tertiary/aromatic N) is 1. The fourth-order valence-corrected chi connectivity index (χ4v) is 2.07. The molecule has 1 saturated heterocycles. The van der Waals surface area contributed by atoms with Crippen LogP contribution in [-0.4, -0.2) is 48.7 Å². The number of likely N-dealkylation sites (N-methyl/N-ethyl adjacent to an activating group) is 1. The molecule has 1 rings (SSSR count). The molecule has 0 aliphatic carbocycles. The first-order valence-corrected chi connectivity index (χ1v) is 5.98. The Morgan fingerprint density at radius 1 is 1.62 bits per heavy atom. The molecule has 4 nitrogen and oxygen atoms in total. The summed E-state index contributed by atoms with van der Waals surface area (Å²) in [6.45, 7) is 4.64. The van der Waals surface area contributed by atoms with Crippen molar-refractivity contribution in [3.63, 3.8) is 0 Å². The Kier molecular flexibility index (Phi) is 5.49. The van der Waals surface area contributed by atoms with Crippen molar-refractivity contribution in [3.8, 4) is 0 Å². The summed E-state index contributed by atoms with van der Waals surface area (Å²) in [6, 6.07) is 0.614. The van der Waals surface area contributed by atoms with Crippen LogP contribution in [-0.2, 0) is 4.79 Å². The SMILES string of the molecule is CCC(=CCNCC1CCCN1C)C(=O)O. The van der Waals surface area contributed by atoms with Crippen LogP contribution in [0.3, 0.4) is 0 Å². The zero-order chi connectivity index (χ0) is 12.0. The number of carboxylic acids is 1. The van der Waals surface area contributed by atoms with E-state index in [1.54, 1.807) is 6.08 Å². The van der Waals surface area contributed by atoms with Gasteiger partial charge in [0.05, 0.1) is 0 Å². The normalized spacial score (nSPS) is 22.6. The largest absolute Gasteiger partial charge is 0.478 e. The van der Waals surface area contributed by atoms with Gasteiger partial charge in [-0.2, -0.15) is 0 Å². The number of hydrogen-bond acceptors (Lipinski definition) is 3. The molecule has 1 aliphatic heterocycles. The van der Waals surface area contributed by atoms with Crippen LogP contribution < -0.4 is 5.32 Å². The topological polar surface area (TPSA) is 52.6 Å². The Balaban J connectivity index is 2.22. The molecule has 1 unspecified atom stereocenters. The van der Waals surface area contributed by atoms with Crippen LogP contribution in [0.2, 0.25) is 0 Å². The van der Waals surface area contributed by atoms with Gasteiger partial charge in [0.25, 0.3) is 0 Å². The molecule has 0 aromatic rings. The van der Waals surface area contributed by atoms with Gasteiger partial charge in [-0.1, -0.05) is 13.0 Å². The smallest absolute Gasteiger partial charge is 0.331 e. The molecule has 1 atom stereocenters. The van der Waals surface area contributed by atoms with Crippen molar-refractivity contribution in [3.05, 3.63) is 11.6 Å². The molecule has 0 radical (unpaired) electrons. The number of carboxylic acid groups (broad SMARTS) is 1. The highest BCUT2D eigenvalue weighted by Gasteiger charge is 2.19. The van der Waals surface area contributed by atoms with Crippen molar-refractivity contribution in [2.75, 3.05) is 26.7 Å². The Hall–Kier alpha value is -0.870. The Morgan fingerprint density at radius 2 is 2.38 bits per heavy atom. The molecule has 92 valence electrons. The molecular weight excluding hydrogens is 204 g/mol. The van der Waals surface area contributed by atoms with Gasteiger partial charge in [-0.05, 0) is 32.9 Å². The third-order valence-corrected chi connectivity index (χ3v) is 3.20. The van der Waals surface area contributed by atoms with Crippen LogP contribution in [0.4, 0.5) is 0 Å². The fraction of sp³-hybridized carbons (Fsp3) is 0.750. The molecule has 0 saturated carbocycles. The van der Waals surface area contributed by atoms with Gasteiger partial charge in [-0.25, -0.2) is 4.79 Å². The van der Waals surface area contributed by atoms with Crippen molar-refractivity contribution in [1.29, 1.82) is 0 Å². The summed E-state index contributed by atoms with van der Waals surface area (Å²) in [4.78, 5) is 13.1. The minimum Gasteiger partial charge on any atom is -0.478 e. The number of nitrogens with one attached hydrogen (secondary N) is 1. The van der Waals surface area contributed by atoms with E-state index in [0.29, 0.717) is 24.6 Å². The van der Waals surface area contributed by atoms with Crippen molar-refractivity contribution >= 4 is 5.97 Å². The second-order valence-electron chi connectivity index (χ2n) is 4.32. The van der Waals surface area contributed by atoms with Crippen molar-refractivity contribution in [2.24, 2.45) is 0 Å². The molecule has 1 aliphatic rings. The van der Waals surface area contributed by atoms with Crippen molar-refractivity contribution in [2.45, 2.75) is 32.2 Å².